The summed E-state index contributed by atoms with van der Waals surface area (Å²) >= 11 is 0. The zero-order valence-corrected chi connectivity index (χ0v) is 10.0. The van der Waals surface area contributed by atoms with Crippen LogP contribution in [0.2, 0.25) is 0 Å². The molecule has 0 fully saturated rings. The van der Waals surface area contributed by atoms with Gasteiger partial charge in [-0.2, -0.15) is 0 Å². The predicted molar refractivity (Wildman–Crippen MR) is 63.9 cm³/mol. The number of ether oxygens (including phenoxy) is 1. The van der Waals surface area contributed by atoms with Gasteiger partial charge in [0.25, 0.3) is 0 Å². The molecule has 1 heterocycles. The zero-order valence-electron chi connectivity index (χ0n) is 10.0. The monoisotopic (exact) mass is 224 g/mol. The van der Waals surface area contributed by atoms with Crippen molar-refractivity contribution >= 4 is 5.82 Å². The standard InChI is InChI=1S/C11H20N4O/c1-3-15(5-6-16-4-2)9-10-7-14-11(12)8-13-10/h7-8H,3-6,9H2,1-2H3,(H2,12,14). The Bertz CT molecular complexity index is 289. The third-order valence-corrected chi connectivity index (χ3v) is 2.31. The molecule has 0 aliphatic heterocycles. The van der Waals surface area contributed by atoms with Gasteiger partial charge in [-0.3, -0.25) is 9.88 Å². The molecule has 0 aromatic carbocycles. The van der Waals surface area contributed by atoms with E-state index in [1.807, 2.05) is 6.92 Å². The molecule has 0 spiro atoms. The molecule has 5 heteroatoms. The largest absolute Gasteiger partial charge is 0.382 e. The van der Waals surface area contributed by atoms with Gasteiger partial charge in [-0.15, -0.1) is 0 Å². The van der Waals surface area contributed by atoms with Crippen molar-refractivity contribution in [1.29, 1.82) is 0 Å². The van der Waals surface area contributed by atoms with Gasteiger partial charge in [0.2, 0.25) is 0 Å². The van der Waals surface area contributed by atoms with Crippen LogP contribution in [0.15, 0.2) is 12.4 Å². The summed E-state index contributed by atoms with van der Waals surface area (Å²) in [5.74, 6) is 0.459. The maximum Gasteiger partial charge on any atom is 0.141 e. The highest BCUT2D eigenvalue weighted by Gasteiger charge is 2.04. The van der Waals surface area contributed by atoms with Crippen LogP contribution in [0.3, 0.4) is 0 Å². The Morgan fingerprint density at radius 2 is 2.12 bits per heavy atom. The van der Waals surface area contributed by atoms with E-state index in [4.69, 9.17) is 10.5 Å². The van der Waals surface area contributed by atoms with E-state index in [-0.39, 0.29) is 0 Å². The molecule has 0 amide bonds. The molecule has 2 N–H and O–H groups in total. The number of nitrogen functional groups attached to an aromatic ring is 1. The number of likely N-dealkylation sites (N-methyl/N-ethyl adjacent to an activating group) is 1. The summed E-state index contributed by atoms with van der Waals surface area (Å²) in [5.41, 5.74) is 6.42. The van der Waals surface area contributed by atoms with Crippen molar-refractivity contribution in [1.82, 2.24) is 14.9 Å². The Morgan fingerprint density at radius 3 is 2.69 bits per heavy atom. The molecule has 0 bridgehead atoms. The first-order valence-corrected chi connectivity index (χ1v) is 5.62. The quantitative estimate of drug-likeness (QED) is 0.698. The number of hydrogen-bond donors (Lipinski definition) is 1. The second kappa shape index (κ2) is 7.14. The molecule has 1 rings (SSSR count). The average molecular weight is 224 g/mol. The number of rotatable bonds is 7. The topological polar surface area (TPSA) is 64.3 Å². The minimum absolute atomic E-state index is 0.459. The maximum absolute atomic E-state index is 5.48. The van der Waals surface area contributed by atoms with E-state index in [1.54, 1.807) is 12.4 Å². The highest BCUT2D eigenvalue weighted by Crippen LogP contribution is 2.01. The van der Waals surface area contributed by atoms with Gasteiger partial charge in [0.1, 0.15) is 5.82 Å². The SMILES string of the molecule is CCOCCN(CC)Cc1cnc(N)cn1. The van der Waals surface area contributed by atoms with E-state index in [2.05, 4.69) is 21.8 Å². The molecular formula is C11H20N4O. The summed E-state index contributed by atoms with van der Waals surface area (Å²) in [4.78, 5) is 10.5. The lowest BCUT2D eigenvalue weighted by atomic mass is 10.4. The molecular weight excluding hydrogens is 204 g/mol. The molecule has 0 aliphatic rings. The van der Waals surface area contributed by atoms with Crippen LogP contribution >= 0.6 is 0 Å². The first-order chi connectivity index (χ1) is 7.76. The first kappa shape index (κ1) is 12.9. The smallest absolute Gasteiger partial charge is 0.141 e. The van der Waals surface area contributed by atoms with Gasteiger partial charge >= 0.3 is 0 Å². The van der Waals surface area contributed by atoms with Gasteiger partial charge < -0.3 is 10.5 Å². The van der Waals surface area contributed by atoms with E-state index in [0.29, 0.717) is 5.82 Å². The Hall–Kier alpha value is -1.20. The van der Waals surface area contributed by atoms with Crippen molar-refractivity contribution in [2.75, 3.05) is 32.0 Å². The lowest BCUT2D eigenvalue weighted by Crippen LogP contribution is -2.27. The maximum atomic E-state index is 5.48. The summed E-state index contributed by atoms with van der Waals surface area (Å²) in [6.07, 6.45) is 3.31. The van der Waals surface area contributed by atoms with Gasteiger partial charge in [-0.25, -0.2) is 4.98 Å². The molecule has 1 aromatic heterocycles. The molecule has 0 aliphatic carbocycles. The van der Waals surface area contributed by atoms with Gasteiger partial charge in [0.05, 0.1) is 24.7 Å². The van der Waals surface area contributed by atoms with E-state index in [9.17, 15) is 0 Å². The zero-order chi connectivity index (χ0) is 11.8. The van der Waals surface area contributed by atoms with Crippen molar-refractivity contribution in [3.63, 3.8) is 0 Å². The summed E-state index contributed by atoms with van der Waals surface area (Å²) < 4.78 is 5.32. The van der Waals surface area contributed by atoms with Gasteiger partial charge in [-0.05, 0) is 13.5 Å². The number of nitrogens with zero attached hydrogens (tertiary/aromatic N) is 3. The predicted octanol–water partition coefficient (Wildman–Crippen LogP) is 0.917. The Morgan fingerprint density at radius 1 is 1.31 bits per heavy atom. The van der Waals surface area contributed by atoms with Crippen LogP contribution in [0.4, 0.5) is 5.82 Å². The minimum Gasteiger partial charge on any atom is -0.382 e. The van der Waals surface area contributed by atoms with Crippen molar-refractivity contribution < 1.29 is 4.74 Å². The Kier molecular flexibility index (Phi) is 5.74. The summed E-state index contributed by atoms with van der Waals surface area (Å²) in [7, 11) is 0. The minimum atomic E-state index is 0.459. The Labute approximate surface area is 96.6 Å². The lowest BCUT2D eigenvalue weighted by molar-refractivity contribution is 0.112. The van der Waals surface area contributed by atoms with E-state index < -0.39 is 0 Å². The third-order valence-electron chi connectivity index (χ3n) is 2.31. The molecule has 0 radical (unpaired) electrons. The van der Waals surface area contributed by atoms with Crippen LogP contribution in [0.5, 0.6) is 0 Å². The molecule has 0 saturated heterocycles. The van der Waals surface area contributed by atoms with Gasteiger partial charge in [0.15, 0.2) is 0 Å². The number of anilines is 1. The van der Waals surface area contributed by atoms with E-state index in [0.717, 1.165) is 38.5 Å². The summed E-state index contributed by atoms with van der Waals surface area (Å²) in [5, 5.41) is 0. The van der Waals surface area contributed by atoms with Crippen LogP contribution in [0, 0.1) is 0 Å². The summed E-state index contributed by atoms with van der Waals surface area (Å²) in [6, 6.07) is 0. The van der Waals surface area contributed by atoms with E-state index in [1.165, 1.54) is 0 Å². The molecule has 1 aromatic rings. The number of hydrogen-bond acceptors (Lipinski definition) is 5. The van der Waals surface area contributed by atoms with Gasteiger partial charge in [0, 0.05) is 19.7 Å². The highest BCUT2D eigenvalue weighted by molar-refractivity contribution is 5.22. The molecule has 16 heavy (non-hydrogen) atoms. The van der Waals surface area contributed by atoms with Crippen molar-refractivity contribution in [2.24, 2.45) is 0 Å². The fourth-order valence-electron chi connectivity index (χ4n) is 1.36. The fraction of sp³-hybridized carbons (Fsp3) is 0.636. The van der Waals surface area contributed by atoms with Crippen LogP contribution in [0.25, 0.3) is 0 Å². The highest BCUT2D eigenvalue weighted by atomic mass is 16.5. The lowest BCUT2D eigenvalue weighted by Gasteiger charge is -2.19. The summed E-state index contributed by atoms with van der Waals surface area (Å²) in [6.45, 7) is 8.32. The van der Waals surface area contributed by atoms with E-state index >= 15 is 0 Å². The van der Waals surface area contributed by atoms with Crippen LogP contribution in [-0.2, 0) is 11.3 Å². The molecule has 0 atom stereocenters. The number of aromatic nitrogens is 2. The molecule has 0 unspecified atom stereocenters. The molecule has 0 saturated carbocycles. The molecule has 90 valence electrons. The number of nitrogens with two attached hydrogens (primary N) is 1. The van der Waals surface area contributed by atoms with Crippen molar-refractivity contribution in [3.05, 3.63) is 18.1 Å². The molecule has 5 nitrogen and oxygen atoms in total. The second-order valence-electron chi connectivity index (χ2n) is 3.50. The fourth-order valence-corrected chi connectivity index (χ4v) is 1.36. The van der Waals surface area contributed by atoms with Gasteiger partial charge in [-0.1, -0.05) is 6.92 Å². The normalized spacial score (nSPS) is 10.9. The van der Waals surface area contributed by atoms with Crippen LogP contribution in [0.1, 0.15) is 19.5 Å². The van der Waals surface area contributed by atoms with Crippen LogP contribution in [-0.4, -0.2) is 41.2 Å². The first-order valence-electron chi connectivity index (χ1n) is 5.62. The van der Waals surface area contributed by atoms with Crippen LogP contribution < -0.4 is 5.73 Å². The third kappa shape index (κ3) is 4.55. The Balaban J connectivity index is 2.40. The second-order valence-corrected chi connectivity index (χ2v) is 3.50. The van der Waals surface area contributed by atoms with Crippen molar-refractivity contribution in [2.45, 2.75) is 20.4 Å². The van der Waals surface area contributed by atoms with Crippen molar-refractivity contribution in [3.8, 4) is 0 Å². The average Bonchev–Trinajstić information content (AvgIpc) is 2.31.